The van der Waals surface area contributed by atoms with Crippen molar-refractivity contribution in [2.45, 2.75) is 25.1 Å². The zero-order chi connectivity index (χ0) is 15.3. The molecule has 0 saturated carbocycles. The van der Waals surface area contributed by atoms with Crippen LogP contribution in [0, 0.1) is 0 Å². The topological polar surface area (TPSA) is 35.6 Å². The minimum absolute atomic E-state index is 0. The van der Waals surface area contributed by atoms with Gasteiger partial charge in [0.1, 0.15) is 0 Å². The second kappa shape index (κ2) is 10.9. The summed E-state index contributed by atoms with van der Waals surface area (Å²) in [5.74, 6) is 2.06. The fourth-order valence-corrected chi connectivity index (χ4v) is 3.67. The van der Waals surface area contributed by atoms with E-state index in [1.54, 1.807) is 4.90 Å². The Morgan fingerprint density at radius 1 is 1.17 bits per heavy atom. The molecule has 0 aromatic carbocycles. The summed E-state index contributed by atoms with van der Waals surface area (Å²) >= 11 is 1.84. The summed E-state index contributed by atoms with van der Waals surface area (Å²) in [6, 6.07) is 0.200. The lowest BCUT2D eigenvalue weighted by molar-refractivity contribution is -0.145. The molecule has 0 bridgehead atoms. The van der Waals surface area contributed by atoms with Crippen LogP contribution in [0.2, 0.25) is 0 Å². The van der Waals surface area contributed by atoms with Gasteiger partial charge in [-0.1, -0.05) is 0 Å². The summed E-state index contributed by atoms with van der Waals surface area (Å²) in [6.45, 7) is 1.71. The van der Waals surface area contributed by atoms with Crippen molar-refractivity contribution in [1.29, 1.82) is 0 Å². The first-order valence-electron chi connectivity index (χ1n) is 7.32. The van der Waals surface area contributed by atoms with Gasteiger partial charge >= 0.3 is 6.18 Å². The van der Waals surface area contributed by atoms with Crippen molar-refractivity contribution in [2.24, 2.45) is 0 Å². The van der Waals surface area contributed by atoms with Crippen molar-refractivity contribution in [3.05, 3.63) is 0 Å². The highest BCUT2D eigenvalue weighted by atomic mass is 35.5. The Morgan fingerprint density at radius 3 is 2.52 bits per heavy atom. The average molecular weight is 398 g/mol. The molecule has 1 N–H and O–H groups in total. The van der Waals surface area contributed by atoms with E-state index in [1.807, 2.05) is 11.8 Å². The van der Waals surface area contributed by atoms with Crippen molar-refractivity contribution >= 4 is 42.5 Å². The Hall–Kier alpha value is 0.110. The maximum absolute atomic E-state index is 12.4. The van der Waals surface area contributed by atoms with Gasteiger partial charge in [0, 0.05) is 56.7 Å². The van der Waals surface area contributed by atoms with Crippen molar-refractivity contribution < 1.29 is 18.0 Å². The molecule has 0 aromatic heterocycles. The Bertz CT molecular complexity index is 358. The molecule has 1 amide bonds. The van der Waals surface area contributed by atoms with Crippen LogP contribution >= 0.6 is 36.6 Å². The average Bonchev–Trinajstić information content (AvgIpc) is 2.63. The minimum atomic E-state index is -4.16. The molecule has 2 aliphatic rings. The number of carbonyl (C=O) groups excluding carboxylic acids is 1. The Kier molecular flexibility index (Phi) is 10.9. The number of carbonyl (C=O) groups is 1. The minimum Gasteiger partial charge on any atom is -0.341 e. The van der Waals surface area contributed by atoms with E-state index in [-0.39, 0.29) is 36.8 Å². The lowest BCUT2D eigenvalue weighted by Crippen LogP contribution is -2.43. The number of rotatable bonds is 3. The van der Waals surface area contributed by atoms with Crippen molar-refractivity contribution in [2.75, 3.05) is 50.8 Å². The lowest BCUT2D eigenvalue weighted by atomic mass is 10.2. The van der Waals surface area contributed by atoms with E-state index in [4.69, 9.17) is 0 Å². The van der Waals surface area contributed by atoms with Gasteiger partial charge < -0.3 is 10.2 Å². The summed E-state index contributed by atoms with van der Waals surface area (Å²) < 4.78 is 37.2. The number of thioether (sulfide) groups is 1. The van der Waals surface area contributed by atoms with Crippen molar-refractivity contribution in [3.8, 4) is 0 Å². The van der Waals surface area contributed by atoms with E-state index in [0.29, 0.717) is 39.0 Å². The Balaban J connectivity index is 0.00000242. The molecule has 0 aliphatic carbocycles. The third kappa shape index (κ3) is 8.67. The van der Waals surface area contributed by atoms with Crippen LogP contribution < -0.4 is 5.32 Å². The summed E-state index contributed by atoms with van der Waals surface area (Å²) in [6.07, 6.45) is -3.11. The van der Waals surface area contributed by atoms with Gasteiger partial charge in [-0.25, -0.2) is 0 Å². The summed E-state index contributed by atoms with van der Waals surface area (Å²) in [5, 5.41) is 3.32. The van der Waals surface area contributed by atoms with E-state index in [9.17, 15) is 18.0 Å². The van der Waals surface area contributed by atoms with Crippen molar-refractivity contribution in [1.82, 2.24) is 15.1 Å². The van der Waals surface area contributed by atoms with Crippen LogP contribution in [0.25, 0.3) is 0 Å². The summed E-state index contributed by atoms with van der Waals surface area (Å²) in [5.41, 5.74) is 0. The normalized spacial score (nSPS) is 23.4. The van der Waals surface area contributed by atoms with Gasteiger partial charge in [-0.15, -0.1) is 24.8 Å². The summed E-state index contributed by atoms with van der Waals surface area (Å²) in [7, 11) is 0. The van der Waals surface area contributed by atoms with Crippen LogP contribution in [0.1, 0.15) is 12.8 Å². The van der Waals surface area contributed by atoms with Crippen LogP contribution in [0.3, 0.4) is 0 Å². The molecule has 1 atom stereocenters. The number of amides is 1. The van der Waals surface area contributed by atoms with Gasteiger partial charge in [0.05, 0.1) is 6.54 Å². The SMILES string of the molecule is Cl.Cl.O=C(CC1CSCCN1)N1CCCN(CC(F)(F)F)CC1. The first-order chi connectivity index (χ1) is 9.94. The van der Waals surface area contributed by atoms with Gasteiger partial charge in [0.25, 0.3) is 0 Å². The predicted molar refractivity (Wildman–Crippen MR) is 91.9 cm³/mol. The number of hydrogen-bond acceptors (Lipinski definition) is 4. The van der Waals surface area contributed by atoms with Gasteiger partial charge in [0.15, 0.2) is 0 Å². The Morgan fingerprint density at radius 2 is 1.91 bits per heavy atom. The van der Waals surface area contributed by atoms with Crippen LogP contribution in [-0.2, 0) is 4.79 Å². The monoisotopic (exact) mass is 397 g/mol. The van der Waals surface area contributed by atoms with E-state index < -0.39 is 12.7 Å². The zero-order valence-corrected chi connectivity index (χ0v) is 15.3. The molecule has 10 heteroatoms. The number of nitrogens with one attached hydrogen (secondary N) is 1. The van der Waals surface area contributed by atoms with E-state index >= 15 is 0 Å². The highest BCUT2D eigenvalue weighted by molar-refractivity contribution is 7.99. The standard InChI is InChI=1S/C13H22F3N3OS.2ClH/c14-13(15,16)10-18-3-1-4-19(6-5-18)12(20)8-11-9-21-7-2-17-11;;/h11,17H,1-10H2;2*1H. The first kappa shape index (κ1) is 23.1. The van der Waals surface area contributed by atoms with E-state index in [0.717, 1.165) is 18.1 Å². The predicted octanol–water partition coefficient (Wildman–Crippen LogP) is 2.02. The molecule has 2 saturated heterocycles. The second-order valence-electron chi connectivity index (χ2n) is 5.56. The molecule has 0 spiro atoms. The fourth-order valence-electron chi connectivity index (χ4n) is 2.72. The molecule has 2 heterocycles. The van der Waals surface area contributed by atoms with Gasteiger partial charge in [-0.05, 0) is 6.42 Å². The van der Waals surface area contributed by atoms with E-state index in [2.05, 4.69) is 5.32 Å². The molecule has 4 nitrogen and oxygen atoms in total. The van der Waals surface area contributed by atoms with Gasteiger partial charge in [-0.2, -0.15) is 24.9 Å². The molecular formula is C13H24Cl2F3N3OS. The third-order valence-corrected chi connectivity index (χ3v) is 4.89. The quantitative estimate of drug-likeness (QED) is 0.789. The number of halogens is 5. The molecule has 0 radical (unpaired) electrons. The Labute approximate surface area is 151 Å². The van der Waals surface area contributed by atoms with Gasteiger partial charge in [-0.3, -0.25) is 9.69 Å². The zero-order valence-electron chi connectivity index (χ0n) is 12.8. The number of hydrogen-bond donors (Lipinski definition) is 1. The molecule has 2 rings (SSSR count). The molecule has 23 heavy (non-hydrogen) atoms. The number of alkyl halides is 3. The summed E-state index contributed by atoms with van der Waals surface area (Å²) in [4.78, 5) is 15.4. The molecule has 0 aromatic rings. The van der Waals surface area contributed by atoms with Crippen LogP contribution in [0.15, 0.2) is 0 Å². The molecule has 2 fully saturated rings. The lowest BCUT2D eigenvalue weighted by Gasteiger charge is -2.27. The molecular weight excluding hydrogens is 374 g/mol. The molecule has 1 unspecified atom stereocenters. The number of nitrogens with zero attached hydrogens (tertiary/aromatic N) is 2. The fraction of sp³-hybridized carbons (Fsp3) is 0.923. The smallest absolute Gasteiger partial charge is 0.341 e. The van der Waals surface area contributed by atoms with Crippen LogP contribution in [0.4, 0.5) is 13.2 Å². The van der Waals surface area contributed by atoms with Crippen molar-refractivity contribution in [3.63, 3.8) is 0 Å². The van der Waals surface area contributed by atoms with E-state index in [1.165, 1.54) is 4.90 Å². The second-order valence-corrected chi connectivity index (χ2v) is 6.71. The van der Waals surface area contributed by atoms with Gasteiger partial charge in [0.2, 0.25) is 5.91 Å². The molecule has 2 aliphatic heterocycles. The first-order valence-corrected chi connectivity index (χ1v) is 8.47. The maximum Gasteiger partial charge on any atom is 0.401 e. The maximum atomic E-state index is 12.4. The van der Waals surface area contributed by atoms with Crippen LogP contribution in [-0.4, -0.2) is 78.7 Å². The highest BCUT2D eigenvalue weighted by Crippen LogP contribution is 2.18. The highest BCUT2D eigenvalue weighted by Gasteiger charge is 2.32. The largest absolute Gasteiger partial charge is 0.401 e. The van der Waals surface area contributed by atoms with Crippen LogP contribution in [0.5, 0.6) is 0 Å². The molecule has 138 valence electrons. The third-order valence-electron chi connectivity index (χ3n) is 3.76.